The Morgan fingerprint density at radius 1 is 1.12 bits per heavy atom. The maximum absolute atomic E-state index is 13.0. The number of benzene rings is 1. The lowest BCUT2D eigenvalue weighted by Crippen LogP contribution is -2.31. The second-order valence-electron chi connectivity index (χ2n) is 6.84. The van der Waals surface area contributed by atoms with E-state index >= 15 is 0 Å². The fourth-order valence-electron chi connectivity index (χ4n) is 3.85. The fraction of sp³-hybridized carbons (Fsp3) is 0.389. The highest BCUT2D eigenvalue weighted by Crippen LogP contribution is 2.41. The number of aromatic nitrogens is 2. The number of anilines is 1. The van der Waals surface area contributed by atoms with Crippen molar-refractivity contribution in [3.05, 3.63) is 54.4 Å². The minimum Gasteiger partial charge on any atom is -0.309 e. The summed E-state index contributed by atoms with van der Waals surface area (Å²) in [6.07, 6.45) is 6.43. The third-order valence-electron chi connectivity index (χ3n) is 5.02. The van der Waals surface area contributed by atoms with E-state index in [9.17, 15) is 9.18 Å². The first-order valence-corrected chi connectivity index (χ1v) is 8.16. The SMILES string of the molecule is O=C1C[C@@]2(CCN(Cc3ccc(F)cc3)C2)CN1c1cncnc1. The molecule has 0 bridgehead atoms. The summed E-state index contributed by atoms with van der Waals surface area (Å²) in [5.74, 6) is -0.0628. The lowest BCUT2D eigenvalue weighted by Gasteiger charge is -2.24. The van der Waals surface area contributed by atoms with Gasteiger partial charge in [0.15, 0.2) is 0 Å². The Labute approximate surface area is 140 Å². The smallest absolute Gasteiger partial charge is 0.227 e. The number of rotatable bonds is 3. The summed E-state index contributed by atoms with van der Waals surface area (Å²) in [5, 5.41) is 0. The number of halogens is 1. The van der Waals surface area contributed by atoms with Crippen LogP contribution < -0.4 is 4.90 Å². The van der Waals surface area contributed by atoms with Gasteiger partial charge in [-0.3, -0.25) is 9.69 Å². The van der Waals surface area contributed by atoms with Gasteiger partial charge in [0.05, 0.1) is 18.1 Å². The Bertz CT molecular complexity index is 736. The van der Waals surface area contributed by atoms with E-state index in [0.717, 1.165) is 43.9 Å². The first-order valence-electron chi connectivity index (χ1n) is 8.16. The molecular weight excluding hydrogens is 307 g/mol. The zero-order valence-electron chi connectivity index (χ0n) is 13.4. The highest BCUT2D eigenvalue weighted by Gasteiger charge is 2.47. The normalized spacial score (nSPS) is 24.2. The third kappa shape index (κ3) is 2.89. The van der Waals surface area contributed by atoms with Crippen molar-refractivity contribution in [1.29, 1.82) is 0 Å². The van der Waals surface area contributed by atoms with Crippen LogP contribution in [0.25, 0.3) is 0 Å². The predicted molar refractivity (Wildman–Crippen MR) is 87.7 cm³/mol. The summed E-state index contributed by atoms with van der Waals surface area (Å²) in [6.45, 7) is 3.37. The first-order chi connectivity index (χ1) is 11.6. The van der Waals surface area contributed by atoms with Crippen LogP contribution >= 0.6 is 0 Å². The lowest BCUT2D eigenvalue weighted by molar-refractivity contribution is -0.117. The van der Waals surface area contributed by atoms with Gasteiger partial charge in [-0.2, -0.15) is 0 Å². The van der Waals surface area contributed by atoms with Gasteiger partial charge in [-0.05, 0) is 30.7 Å². The molecule has 0 saturated carbocycles. The van der Waals surface area contributed by atoms with Gasteiger partial charge >= 0.3 is 0 Å². The number of carbonyl (C=O) groups is 1. The number of likely N-dealkylation sites (tertiary alicyclic amines) is 1. The Morgan fingerprint density at radius 2 is 1.88 bits per heavy atom. The van der Waals surface area contributed by atoms with Crippen LogP contribution in [0.2, 0.25) is 0 Å². The van der Waals surface area contributed by atoms with Crippen molar-refractivity contribution in [2.75, 3.05) is 24.5 Å². The molecule has 0 radical (unpaired) electrons. The number of hydrogen-bond donors (Lipinski definition) is 0. The Morgan fingerprint density at radius 3 is 2.62 bits per heavy atom. The van der Waals surface area contributed by atoms with Gasteiger partial charge in [0, 0.05) is 31.5 Å². The molecule has 2 fully saturated rings. The molecule has 2 saturated heterocycles. The van der Waals surface area contributed by atoms with Crippen LogP contribution in [0.3, 0.4) is 0 Å². The Hall–Kier alpha value is -2.34. The molecule has 1 atom stereocenters. The van der Waals surface area contributed by atoms with Crippen LogP contribution in [-0.4, -0.2) is 40.4 Å². The van der Waals surface area contributed by atoms with Gasteiger partial charge in [0.25, 0.3) is 0 Å². The van der Waals surface area contributed by atoms with Crippen LogP contribution in [0.5, 0.6) is 0 Å². The third-order valence-corrected chi connectivity index (χ3v) is 5.02. The highest BCUT2D eigenvalue weighted by atomic mass is 19.1. The minimum absolute atomic E-state index is 0.00690. The van der Waals surface area contributed by atoms with Crippen molar-refractivity contribution in [2.45, 2.75) is 19.4 Å². The van der Waals surface area contributed by atoms with Gasteiger partial charge in [0.2, 0.25) is 5.91 Å². The van der Waals surface area contributed by atoms with E-state index in [1.165, 1.54) is 18.5 Å². The van der Waals surface area contributed by atoms with Crippen LogP contribution in [0.15, 0.2) is 43.0 Å². The molecule has 0 unspecified atom stereocenters. The highest BCUT2D eigenvalue weighted by molar-refractivity contribution is 5.96. The van der Waals surface area contributed by atoms with E-state index in [1.54, 1.807) is 17.3 Å². The Kier molecular flexibility index (Phi) is 3.76. The van der Waals surface area contributed by atoms with Gasteiger partial charge < -0.3 is 4.90 Å². The molecule has 1 aromatic heterocycles. The molecule has 0 N–H and O–H groups in total. The van der Waals surface area contributed by atoms with E-state index in [2.05, 4.69) is 14.9 Å². The van der Waals surface area contributed by atoms with Crippen molar-refractivity contribution in [3.8, 4) is 0 Å². The second kappa shape index (κ2) is 5.94. The van der Waals surface area contributed by atoms with Gasteiger partial charge in [-0.1, -0.05) is 12.1 Å². The van der Waals surface area contributed by atoms with Gasteiger partial charge in [-0.15, -0.1) is 0 Å². The quantitative estimate of drug-likeness (QED) is 0.868. The molecule has 3 heterocycles. The summed E-state index contributed by atoms with van der Waals surface area (Å²) in [6, 6.07) is 6.65. The van der Waals surface area contributed by atoms with Crippen LogP contribution in [0.1, 0.15) is 18.4 Å². The van der Waals surface area contributed by atoms with Crippen LogP contribution in [0, 0.1) is 11.2 Å². The number of carbonyl (C=O) groups excluding carboxylic acids is 1. The van der Waals surface area contributed by atoms with Gasteiger partial charge in [0.1, 0.15) is 12.1 Å². The molecule has 2 aliphatic rings. The average Bonchev–Trinajstić information content (AvgIpc) is 3.13. The molecule has 1 aromatic carbocycles. The Balaban J connectivity index is 1.44. The summed E-state index contributed by atoms with van der Waals surface area (Å²) < 4.78 is 13.0. The summed E-state index contributed by atoms with van der Waals surface area (Å²) in [7, 11) is 0. The number of hydrogen-bond acceptors (Lipinski definition) is 4. The first kappa shape index (κ1) is 15.2. The van der Waals surface area contributed by atoms with Crippen LogP contribution in [0.4, 0.5) is 10.1 Å². The maximum atomic E-state index is 13.0. The summed E-state index contributed by atoms with van der Waals surface area (Å²) >= 11 is 0. The molecule has 6 heteroatoms. The van der Waals surface area contributed by atoms with Crippen molar-refractivity contribution >= 4 is 11.6 Å². The standard InChI is InChI=1S/C18H19FN4O/c19-15-3-1-14(2-4-15)10-22-6-5-18(11-22)7-17(24)23(12-18)16-8-20-13-21-9-16/h1-4,8-9,13H,5-7,10-12H2/t18-/m1/s1. The van der Waals surface area contributed by atoms with E-state index in [-0.39, 0.29) is 17.1 Å². The molecule has 1 spiro atoms. The summed E-state index contributed by atoms with van der Waals surface area (Å²) in [4.78, 5) is 24.6. The van der Waals surface area contributed by atoms with Gasteiger partial charge in [-0.25, -0.2) is 14.4 Å². The molecule has 1 amide bonds. The van der Waals surface area contributed by atoms with Crippen molar-refractivity contribution in [2.24, 2.45) is 5.41 Å². The monoisotopic (exact) mass is 326 g/mol. The number of nitrogens with zero attached hydrogens (tertiary/aromatic N) is 4. The molecule has 124 valence electrons. The van der Waals surface area contributed by atoms with Crippen molar-refractivity contribution in [3.63, 3.8) is 0 Å². The zero-order chi connectivity index (χ0) is 16.6. The lowest BCUT2D eigenvalue weighted by atomic mass is 9.86. The maximum Gasteiger partial charge on any atom is 0.227 e. The zero-order valence-corrected chi connectivity index (χ0v) is 13.4. The number of amides is 1. The second-order valence-corrected chi connectivity index (χ2v) is 6.84. The van der Waals surface area contributed by atoms with Crippen molar-refractivity contribution in [1.82, 2.24) is 14.9 Å². The predicted octanol–water partition coefficient (Wildman–Crippen LogP) is 2.24. The summed E-state index contributed by atoms with van der Waals surface area (Å²) in [5.41, 5.74) is 1.88. The van der Waals surface area contributed by atoms with Crippen LogP contribution in [-0.2, 0) is 11.3 Å². The molecular formula is C18H19FN4O. The molecule has 2 aliphatic heterocycles. The van der Waals surface area contributed by atoms with Crippen molar-refractivity contribution < 1.29 is 9.18 Å². The van der Waals surface area contributed by atoms with E-state index in [1.807, 2.05) is 12.1 Å². The minimum atomic E-state index is -0.209. The fourth-order valence-corrected chi connectivity index (χ4v) is 3.85. The molecule has 5 nitrogen and oxygen atoms in total. The van der Waals surface area contributed by atoms with E-state index in [4.69, 9.17) is 0 Å². The molecule has 0 aliphatic carbocycles. The average molecular weight is 326 g/mol. The van der Waals surface area contributed by atoms with E-state index < -0.39 is 0 Å². The topological polar surface area (TPSA) is 49.3 Å². The molecule has 24 heavy (non-hydrogen) atoms. The van der Waals surface area contributed by atoms with E-state index in [0.29, 0.717) is 6.42 Å². The molecule has 2 aromatic rings. The molecule has 4 rings (SSSR count). The largest absolute Gasteiger partial charge is 0.309 e.